The van der Waals surface area contributed by atoms with Crippen LogP contribution in [0.3, 0.4) is 0 Å². The van der Waals surface area contributed by atoms with Crippen LogP contribution >= 0.6 is 0 Å². The van der Waals surface area contributed by atoms with Gasteiger partial charge in [-0.25, -0.2) is 4.98 Å². The maximum absolute atomic E-state index is 11.5. The molecule has 3 rings (SSSR count). The highest BCUT2D eigenvalue weighted by molar-refractivity contribution is 7.85. The molecule has 6 nitrogen and oxygen atoms in total. The Morgan fingerprint density at radius 3 is 2.46 bits per heavy atom. The van der Waals surface area contributed by atoms with Gasteiger partial charge in [0.2, 0.25) is 0 Å². The van der Waals surface area contributed by atoms with Crippen LogP contribution in [0.25, 0.3) is 11.3 Å². The van der Waals surface area contributed by atoms with Gasteiger partial charge in [0.15, 0.2) is 5.69 Å². The van der Waals surface area contributed by atoms with Crippen molar-refractivity contribution in [1.82, 2.24) is 4.98 Å². The van der Waals surface area contributed by atoms with Gasteiger partial charge < -0.3 is 4.90 Å². The number of hydrogen-bond donors (Lipinski definition) is 0. The Labute approximate surface area is 143 Å². The molecule has 0 atom stereocenters. The summed E-state index contributed by atoms with van der Waals surface area (Å²) in [5.74, 6) is 2.11. The summed E-state index contributed by atoms with van der Waals surface area (Å²) in [6.07, 6.45) is 1.70. The molecule has 1 saturated heterocycles. The minimum absolute atomic E-state index is 0.00287. The van der Waals surface area contributed by atoms with Gasteiger partial charge in [0.1, 0.15) is 5.82 Å². The Hall–Kier alpha value is -2.28. The molecule has 0 unspecified atom stereocenters. The molecule has 0 amide bonds. The second-order valence-corrected chi connectivity index (χ2v) is 7.55. The molecule has 24 heavy (non-hydrogen) atoms. The van der Waals surface area contributed by atoms with Crippen LogP contribution in [0.15, 0.2) is 42.5 Å². The normalized spacial score (nSPS) is 20.5. The highest BCUT2D eigenvalue weighted by atomic mass is 32.2. The summed E-state index contributed by atoms with van der Waals surface area (Å²) < 4.78 is 11.5. The summed E-state index contributed by atoms with van der Waals surface area (Å²) in [6.45, 7) is 0. The van der Waals surface area contributed by atoms with Gasteiger partial charge in [0.05, 0.1) is 4.92 Å². The highest BCUT2D eigenvalue weighted by Crippen LogP contribution is 2.31. The van der Waals surface area contributed by atoms with Crippen molar-refractivity contribution in [2.45, 2.75) is 18.9 Å². The van der Waals surface area contributed by atoms with Crippen molar-refractivity contribution in [3.8, 4) is 11.3 Å². The lowest BCUT2D eigenvalue weighted by Gasteiger charge is -2.31. The van der Waals surface area contributed by atoms with Crippen LogP contribution in [-0.4, -0.2) is 38.7 Å². The van der Waals surface area contributed by atoms with Crippen molar-refractivity contribution in [2.75, 3.05) is 23.5 Å². The molecule has 1 aromatic carbocycles. The van der Waals surface area contributed by atoms with Gasteiger partial charge in [-0.15, -0.1) is 0 Å². The van der Waals surface area contributed by atoms with Crippen LogP contribution in [0, 0.1) is 10.1 Å². The quantitative estimate of drug-likeness (QED) is 0.629. The first-order chi connectivity index (χ1) is 11.6. The predicted molar refractivity (Wildman–Crippen MR) is 95.6 cm³/mol. The molecule has 0 spiro atoms. The maximum Gasteiger partial charge on any atom is 0.295 e. The minimum Gasteiger partial charge on any atom is -0.357 e. The first-order valence-electron chi connectivity index (χ1n) is 7.85. The first kappa shape index (κ1) is 16.6. The summed E-state index contributed by atoms with van der Waals surface area (Å²) in [5, 5.41) is 11.3. The van der Waals surface area contributed by atoms with Gasteiger partial charge in [-0.2, -0.15) is 0 Å². The predicted octanol–water partition coefficient (Wildman–Crippen LogP) is 3.00. The summed E-state index contributed by atoms with van der Waals surface area (Å²) in [5.41, 5.74) is 1.11. The third kappa shape index (κ3) is 3.46. The summed E-state index contributed by atoms with van der Waals surface area (Å²) in [7, 11) is 1.23. The Bertz CT molecular complexity index is 757. The summed E-state index contributed by atoms with van der Waals surface area (Å²) >= 11 is 0. The van der Waals surface area contributed by atoms with Crippen LogP contribution in [0.5, 0.6) is 0 Å². The SMILES string of the molecule is CN(c1ccc([N+](=O)[O-])c(-c2ccccc2)n1)C1CCS(=O)CC1. The largest absolute Gasteiger partial charge is 0.357 e. The van der Waals surface area contributed by atoms with Crippen LogP contribution in [0.4, 0.5) is 11.5 Å². The van der Waals surface area contributed by atoms with Gasteiger partial charge in [0.25, 0.3) is 5.69 Å². The molecular weight excluding hydrogens is 326 g/mol. The average molecular weight is 345 g/mol. The number of aromatic nitrogens is 1. The summed E-state index contributed by atoms with van der Waals surface area (Å²) in [4.78, 5) is 17.5. The number of hydrogen-bond acceptors (Lipinski definition) is 5. The molecule has 1 aliphatic rings. The molecule has 126 valence electrons. The van der Waals surface area contributed by atoms with E-state index in [4.69, 9.17) is 0 Å². The second-order valence-electron chi connectivity index (χ2n) is 5.85. The van der Waals surface area contributed by atoms with Gasteiger partial charge >= 0.3 is 0 Å². The molecule has 1 aromatic heterocycles. The molecule has 0 saturated carbocycles. The number of benzene rings is 1. The van der Waals surface area contributed by atoms with Crippen LogP contribution in [-0.2, 0) is 10.8 Å². The van der Waals surface area contributed by atoms with Crippen molar-refractivity contribution in [2.24, 2.45) is 0 Å². The number of rotatable bonds is 4. The third-order valence-electron chi connectivity index (χ3n) is 4.37. The van der Waals surface area contributed by atoms with E-state index < -0.39 is 15.7 Å². The standard InChI is InChI=1S/C17H19N3O3S/c1-19(14-9-11-24(23)12-10-14)16-8-7-15(20(21)22)17(18-16)13-5-3-2-4-6-13/h2-8,14H,9-12H2,1H3. The van der Waals surface area contributed by atoms with E-state index in [-0.39, 0.29) is 11.7 Å². The second kappa shape index (κ2) is 7.09. The Morgan fingerprint density at radius 2 is 1.83 bits per heavy atom. The van der Waals surface area contributed by atoms with Crippen LogP contribution < -0.4 is 4.90 Å². The highest BCUT2D eigenvalue weighted by Gasteiger charge is 2.24. The van der Waals surface area contributed by atoms with Gasteiger partial charge in [-0.3, -0.25) is 14.3 Å². The van der Waals surface area contributed by atoms with Gasteiger partial charge in [-0.1, -0.05) is 30.3 Å². The lowest BCUT2D eigenvalue weighted by molar-refractivity contribution is -0.384. The van der Waals surface area contributed by atoms with Crippen molar-refractivity contribution in [3.63, 3.8) is 0 Å². The molecule has 0 bridgehead atoms. The lowest BCUT2D eigenvalue weighted by atomic mass is 10.1. The van der Waals surface area contributed by atoms with E-state index in [1.165, 1.54) is 6.07 Å². The molecule has 1 aliphatic heterocycles. The topological polar surface area (TPSA) is 76.3 Å². The first-order valence-corrected chi connectivity index (χ1v) is 9.33. The Kier molecular flexibility index (Phi) is 4.89. The van der Waals surface area contributed by atoms with Crippen molar-refractivity contribution >= 4 is 22.3 Å². The zero-order valence-electron chi connectivity index (χ0n) is 13.4. The lowest BCUT2D eigenvalue weighted by Crippen LogP contribution is -2.37. The maximum atomic E-state index is 11.5. The number of nitro groups is 1. The molecule has 2 aromatic rings. The zero-order valence-corrected chi connectivity index (χ0v) is 14.2. The van der Waals surface area contributed by atoms with E-state index in [0.717, 1.165) is 18.4 Å². The Balaban J connectivity index is 1.95. The summed E-state index contributed by atoms with van der Waals surface area (Å²) in [6, 6.07) is 12.7. The number of pyridine rings is 1. The molecule has 0 N–H and O–H groups in total. The van der Waals surface area contributed by atoms with E-state index >= 15 is 0 Å². The Morgan fingerprint density at radius 1 is 1.17 bits per heavy atom. The van der Waals surface area contributed by atoms with Crippen molar-refractivity contribution in [1.29, 1.82) is 0 Å². The van der Waals surface area contributed by atoms with E-state index in [1.807, 2.05) is 42.3 Å². The monoisotopic (exact) mass is 345 g/mol. The smallest absolute Gasteiger partial charge is 0.295 e. The minimum atomic E-state index is -0.714. The molecule has 7 heteroatoms. The fourth-order valence-corrected chi connectivity index (χ4v) is 4.22. The zero-order chi connectivity index (χ0) is 17.1. The fraction of sp³-hybridized carbons (Fsp3) is 0.353. The van der Waals surface area contributed by atoms with E-state index in [1.54, 1.807) is 6.07 Å². The van der Waals surface area contributed by atoms with Gasteiger partial charge in [0, 0.05) is 47.0 Å². The average Bonchev–Trinajstić information content (AvgIpc) is 2.62. The van der Waals surface area contributed by atoms with Crippen LogP contribution in [0.1, 0.15) is 12.8 Å². The molecular formula is C17H19N3O3S. The number of anilines is 1. The van der Waals surface area contributed by atoms with Crippen molar-refractivity contribution < 1.29 is 9.13 Å². The van der Waals surface area contributed by atoms with E-state index in [9.17, 15) is 14.3 Å². The van der Waals surface area contributed by atoms with Crippen molar-refractivity contribution in [3.05, 3.63) is 52.6 Å². The molecule has 2 heterocycles. The van der Waals surface area contributed by atoms with E-state index in [0.29, 0.717) is 23.0 Å². The number of nitrogens with zero attached hydrogens (tertiary/aromatic N) is 3. The third-order valence-corrected chi connectivity index (χ3v) is 5.75. The molecule has 0 aliphatic carbocycles. The van der Waals surface area contributed by atoms with Gasteiger partial charge in [-0.05, 0) is 18.9 Å². The molecule has 1 fully saturated rings. The van der Waals surface area contributed by atoms with Crippen LogP contribution in [0.2, 0.25) is 0 Å². The fourth-order valence-electron chi connectivity index (χ4n) is 2.95. The molecule has 0 radical (unpaired) electrons. The van der Waals surface area contributed by atoms with E-state index in [2.05, 4.69) is 4.98 Å².